The molecule has 1 amide bonds. The molecule has 1 aliphatic rings. The number of carbonyl (C=O) groups is 2. The van der Waals surface area contributed by atoms with Gasteiger partial charge in [0.25, 0.3) is 0 Å². The summed E-state index contributed by atoms with van der Waals surface area (Å²) >= 11 is 0. The second-order valence-electron chi connectivity index (χ2n) is 5.41. The van der Waals surface area contributed by atoms with E-state index in [4.69, 9.17) is 5.11 Å². The third-order valence-electron chi connectivity index (χ3n) is 4.05. The lowest BCUT2D eigenvalue weighted by molar-refractivity contribution is -0.148. The third-order valence-corrected chi connectivity index (χ3v) is 4.05. The SMILES string of the molecule is O=C(O)[C@@H]1CCCN1C(=O)Cn1ccc(=O)c2ccccc21. The zero-order valence-electron chi connectivity index (χ0n) is 11.9. The Balaban J connectivity index is 1.90. The van der Waals surface area contributed by atoms with Gasteiger partial charge in [0.2, 0.25) is 5.91 Å². The van der Waals surface area contributed by atoms with Crippen molar-refractivity contribution in [1.29, 1.82) is 0 Å². The van der Waals surface area contributed by atoms with Crippen molar-refractivity contribution in [3.63, 3.8) is 0 Å². The molecule has 1 fully saturated rings. The molecular formula is C16H16N2O4. The highest BCUT2D eigenvalue weighted by atomic mass is 16.4. The van der Waals surface area contributed by atoms with Crippen LogP contribution in [-0.4, -0.2) is 39.0 Å². The summed E-state index contributed by atoms with van der Waals surface area (Å²) in [6.07, 6.45) is 2.77. The molecule has 1 saturated heterocycles. The van der Waals surface area contributed by atoms with E-state index >= 15 is 0 Å². The van der Waals surface area contributed by atoms with E-state index in [0.29, 0.717) is 30.3 Å². The van der Waals surface area contributed by atoms with Crippen molar-refractivity contribution >= 4 is 22.8 Å². The van der Waals surface area contributed by atoms with Gasteiger partial charge in [-0.25, -0.2) is 4.79 Å². The maximum atomic E-state index is 12.4. The van der Waals surface area contributed by atoms with Crippen molar-refractivity contribution in [3.05, 3.63) is 46.8 Å². The molecule has 3 rings (SSSR count). The van der Waals surface area contributed by atoms with Gasteiger partial charge in [-0.3, -0.25) is 9.59 Å². The largest absolute Gasteiger partial charge is 0.480 e. The highest BCUT2D eigenvalue weighted by Gasteiger charge is 2.33. The molecule has 2 heterocycles. The van der Waals surface area contributed by atoms with Crippen molar-refractivity contribution in [2.45, 2.75) is 25.4 Å². The lowest BCUT2D eigenvalue weighted by Crippen LogP contribution is -2.42. The van der Waals surface area contributed by atoms with Crippen molar-refractivity contribution < 1.29 is 14.7 Å². The van der Waals surface area contributed by atoms with E-state index in [1.165, 1.54) is 11.0 Å². The number of pyridine rings is 1. The van der Waals surface area contributed by atoms with E-state index in [9.17, 15) is 14.4 Å². The molecule has 2 aromatic rings. The molecule has 1 aromatic carbocycles. The van der Waals surface area contributed by atoms with Crippen LogP contribution in [-0.2, 0) is 16.1 Å². The summed E-state index contributed by atoms with van der Waals surface area (Å²) in [7, 11) is 0. The first-order valence-corrected chi connectivity index (χ1v) is 7.18. The summed E-state index contributed by atoms with van der Waals surface area (Å²) < 4.78 is 1.69. The molecule has 22 heavy (non-hydrogen) atoms. The predicted molar refractivity (Wildman–Crippen MR) is 80.6 cm³/mol. The monoisotopic (exact) mass is 300 g/mol. The van der Waals surface area contributed by atoms with Gasteiger partial charge in [0.1, 0.15) is 12.6 Å². The number of carboxylic acid groups (broad SMARTS) is 1. The zero-order valence-corrected chi connectivity index (χ0v) is 11.9. The van der Waals surface area contributed by atoms with Crippen LogP contribution in [0.3, 0.4) is 0 Å². The highest BCUT2D eigenvalue weighted by molar-refractivity contribution is 5.86. The number of fused-ring (bicyclic) bond motifs is 1. The third kappa shape index (κ3) is 2.47. The molecule has 1 aromatic heterocycles. The number of hydrogen-bond acceptors (Lipinski definition) is 3. The summed E-state index contributed by atoms with van der Waals surface area (Å²) in [6, 6.07) is 7.76. The lowest BCUT2D eigenvalue weighted by atomic mass is 10.2. The standard InChI is InChI=1S/C16H16N2O4/c19-14-7-9-17(12-5-2-1-4-11(12)14)10-15(20)18-8-3-6-13(18)16(21)22/h1-2,4-5,7,9,13H,3,6,8,10H2,(H,21,22)/t13-/m0/s1. The minimum Gasteiger partial charge on any atom is -0.480 e. The average Bonchev–Trinajstić information content (AvgIpc) is 3.00. The number of benzene rings is 1. The van der Waals surface area contributed by atoms with E-state index in [-0.39, 0.29) is 17.9 Å². The van der Waals surface area contributed by atoms with Crippen LogP contribution in [0.5, 0.6) is 0 Å². The molecule has 0 bridgehead atoms. The molecule has 6 nitrogen and oxygen atoms in total. The van der Waals surface area contributed by atoms with Gasteiger partial charge in [0.15, 0.2) is 5.43 Å². The number of nitrogens with zero attached hydrogens (tertiary/aromatic N) is 2. The Morgan fingerprint density at radius 3 is 2.77 bits per heavy atom. The summed E-state index contributed by atoms with van der Waals surface area (Å²) in [4.78, 5) is 36.8. The number of para-hydroxylation sites is 1. The number of aromatic nitrogens is 1. The van der Waals surface area contributed by atoms with Crippen LogP contribution in [0.25, 0.3) is 10.9 Å². The zero-order chi connectivity index (χ0) is 15.7. The van der Waals surface area contributed by atoms with E-state index in [1.54, 1.807) is 35.0 Å². The van der Waals surface area contributed by atoms with E-state index in [1.807, 2.05) is 0 Å². The highest BCUT2D eigenvalue weighted by Crippen LogP contribution is 2.18. The van der Waals surface area contributed by atoms with Crippen LogP contribution in [0.2, 0.25) is 0 Å². The molecule has 0 spiro atoms. The minimum absolute atomic E-state index is 0.0323. The van der Waals surface area contributed by atoms with E-state index in [0.717, 1.165) is 0 Å². The van der Waals surface area contributed by atoms with Crippen molar-refractivity contribution in [2.75, 3.05) is 6.54 Å². The molecule has 1 N–H and O–H groups in total. The Bertz CT molecular complexity index is 796. The predicted octanol–water partition coefficient (Wildman–Crippen LogP) is 1.08. The van der Waals surface area contributed by atoms with Crippen molar-refractivity contribution in [1.82, 2.24) is 9.47 Å². The average molecular weight is 300 g/mol. The lowest BCUT2D eigenvalue weighted by Gasteiger charge is -2.22. The van der Waals surface area contributed by atoms with Crippen LogP contribution < -0.4 is 5.43 Å². The smallest absolute Gasteiger partial charge is 0.326 e. The minimum atomic E-state index is -0.962. The second-order valence-corrected chi connectivity index (χ2v) is 5.41. The first-order valence-electron chi connectivity index (χ1n) is 7.18. The second kappa shape index (κ2) is 5.63. The molecule has 114 valence electrons. The topological polar surface area (TPSA) is 79.6 Å². The van der Waals surface area contributed by atoms with Gasteiger partial charge in [-0.05, 0) is 25.0 Å². The fraction of sp³-hybridized carbons (Fsp3) is 0.312. The molecule has 6 heteroatoms. The van der Waals surface area contributed by atoms with Crippen molar-refractivity contribution in [3.8, 4) is 0 Å². The van der Waals surface area contributed by atoms with Gasteiger partial charge in [-0.15, -0.1) is 0 Å². The van der Waals surface area contributed by atoms with Gasteiger partial charge in [-0.1, -0.05) is 12.1 Å². The molecule has 0 radical (unpaired) electrons. The molecule has 0 aliphatic carbocycles. The molecule has 0 saturated carbocycles. The molecular weight excluding hydrogens is 284 g/mol. The number of likely N-dealkylation sites (tertiary alicyclic amines) is 1. The Kier molecular flexibility index (Phi) is 3.66. The Hall–Kier alpha value is -2.63. The Labute approximate surface area is 126 Å². The maximum absolute atomic E-state index is 12.4. The summed E-state index contributed by atoms with van der Waals surface area (Å²) in [5.74, 6) is -1.20. The number of aliphatic carboxylic acids is 1. The fourth-order valence-corrected chi connectivity index (χ4v) is 2.96. The summed E-state index contributed by atoms with van der Waals surface area (Å²) in [5, 5.41) is 9.71. The number of carbonyl (C=O) groups excluding carboxylic acids is 1. The first kappa shape index (κ1) is 14.3. The van der Waals surface area contributed by atoms with Gasteiger partial charge < -0.3 is 14.6 Å². The van der Waals surface area contributed by atoms with Crippen molar-refractivity contribution in [2.24, 2.45) is 0 Å². The molecule has 0 unspecified atom stereocenters. The van der Waals surface area contributed by atoms with Crippen LogP contribution in [0, 0.1) is 0 Å². The Morgan fingerprint density at radius 2 is 2.00 bits per heavy atom. The van der Waals surface area contributed by atoms with Gasteiger partial charge in [-0.2, -0.15) is 0 Å². The Morgan fingerprint density at radius 1 is 1.23 bits per heavy atom. The van der Waals surface area contributed by atoms with Crippen LogP contribution >= 0.6 is 0 Å². The first-order chi connectivity index (χ1) is 10.6. The van der Waals surface area contributed by atoms with Crippen LogP contribution in [0.15, 0.2) is 41.3 Å². The molecule has 1 aliphatic heterocycles. The van der Waals surface area contributed by atoms with Crippen LogP contribution in [0.4, 0.5) is 0 Å². The van der Waals surface area contributed by atoms with Gasteiger partial charge in [0.05, 0.1) is 5.52 Å². The number of hydrogen-bond donors (Lipinski definition) is 1. The van der Waals surface area contributed by atoms with Gasteiger partial charge >= 0.3 is 5.97 Å². The quantitative estimate of drug-likeness (QED) is 0.920. The summed E-state index contributed by atoms with van der Waals surface area (Å²) in [5.41, 5.74) is 0.582. The van der Waals surface area contributed by atoms with E-state index in [2.05, 4.69) is 0 Å². The maximum Gasteiger partial charge on any atom is 0.326 e. The summed E-state index contributed by atoms with van der Waals surface area (Å²) in [6.45, 7) is 0.499. The molecule has 1 atom stereocenters. The fourth-order valence-electron chi connectivity index (χ4n) is 2.96. The van der Waals surface area contributed by atoms with Gasteiger partial charge in [0, 0.05) is 24.2 Å². The number of amides is 1. The number of carboxylic acids is 1. The normalized spacial score (nSPS) is 17.8. The number of rotatable bonds is 3. The van der Waals surface area contributed by atoms with E-state index < -0.39 is 12.0 Å². The van der Waals surface area contributed by atoms with Crippen LogP contribution in [0.1, 0.15) is 12.8 Å².